The summed E-state index contributed by atoms with van der Waals surface area (Å²) in [4.78, 5) is 13.7. The zero-order valence-electron chi connectivity index (χ0n) is 7.85. The van der Waals surface area contributed by atoms with Crippen LogP contribution < -0.4 is 0 Å². The zero-order valence-corrected chi connectivity index (χ0v) is 7.85. The van der Waals surface area contributed by atoms with Crippen molar-refractivity contribution in [3.8, 4) is 0 Å². The van der Waals surface area contributed by atoms with Crippen molar-refractivity contribution < 1.29 is 4.92 Å². The third-order valence-corrected chi connectivity index (χ3v) is 2.78. The summed E-state index contributed by atoms with van der Waals surface area (Å²) in [7, 11) is 0. The van der Waals surface area contributed by atoms with Gasteiger partial charge in [0.25, 0.3) is 0 Å². The maximum atomic E-state index is 10.4. The van der Waals surface area contributed by atoms with Gasteiger partial charge in [0, 0.05) is 6.07 Å². The van der Waals surface area contributed by atoms with E-state index < -0.39 is 4.92 Å². The Hall–Kier alpha value is -1.45. The van der Waals surface area contributed by atoms with Gasteiger partial charge >= 0.3 is 5.82 Å². The van der Waals surface area contributed by atoms with Crippen LogP contribution in [0.2, 0.25) is 0 Å². The summed E-state index contributed by atoms with van der Waals surface area (Å²) in [5.74, 6) is 0.509. The van der Waals surface area contributed by atoms with Gasteiger partial charge in [-0.1, -0.05) is 12.8 Å². The Balaban J connectivity index is 2.16. The molecule has 0 amide bonds. The molecule has 0 aromatic carbocycles. The highest BCUT2D eigenvalue weighted by Gasteiger charge is 2.19. The summed E-state index contributed by atoms with van der Waals surface area (Å²) in [6.45, 7) is 0. The third-order valence-electron chi connectivity index (χ3n) is 2.78. The molecule has 1 aromatic heterocycles. The molecule has 2 rings (SSSR count). The fraction of sp³-hybridized carbons (Fsp3) is 0.500. The van der Waals surface area contributed by atoms with E-state index in [0.29, 0.717) is 5.92 Å². The van der Waals surface area contributed by atoms with Gasteiger partial charge in [-0.2, -0.15) is 0 Å². The van der Waals surface area contributed by atoms with E-state index in [1.165, 1.54) is 31.7 Å². The Bertz CT molecular complexity index is 328. The molecule has 1 aromatic rings. The average Bonchev–Trinajstić information content (AvgIpc) is 2.71. The Kier molecular flexibility index (Phi) is 2.43. The molecule has 0 aliphatic heterocycles. The molecule has 4 nitrogen and oxygen atoms in total. The van der Waals surface area contributed by atoms with E-state index in [9.17, 15) is 10.1 Å². The molecule has 74 valence electrons. The smallest absolute Gasteiger partial charge is 0.358 e. The SMILES string of the molecule is O=[N+]([O-])c1ccc(C2CCCC2)cn1. The van der Waals surface area contributed by atoms with Gasteiger partial charge in [-0.25, -0.2) is 0 Å². The Morgan fingerprint density at radius 3 is 2.57 bits per heavy atom. The molecule has 0 spiro atoms. The Morgan fingerprint density at radius 2 is 2.07 bits per heavy atom. The molecular formula is C10H12N2O2. The quantitative estimate of drug-likeness (QED) is 0.534. The van der Waals surface area contributed by atoms with Crippen molar-refractivity contribution in [2.45, 2.75) is 31.6 Å². The van der Waals surface area contributed by atoms with Gasteiger partial charge in [0.15, 0.2) is 0 Å². The minimum atomic E-state index is -0.460. The third kappa shape index (κ3) is 1.73. The van der Waals surface area contributed by atoms with E-state index in [1.807, 2.05) is 6.07 Å². The number of hydrogen-bond donors (Lipinski definition) is 0. The van der Waals surface area contributed by atoms with Gasteiger partial charge in [0.1, 0.15) is 6.20 Å². The molecule has 0 radical (unpaired) electrons. The topological polar surface area (TPSA) is 56.0 Å². The minimum absolute atomic E-state index is 0.0632. The summed E-state index contributed by atoms with van der Waals surface area (Å²) in [6.07, 6.45) is 6.57. The number of rotatable bonds is 2. The van der Waals surface area contributed by atoms with Crippen LogP contribution in [0.3, 0.4) is 0 Å². The number of nitrogens with zero attached hydrogens (tertiary/aromatic N) is 2. The lowest BCUT2D eigenvalue weighted by Crippen LogP contribution is -1.96. The first-order valence-corrected chi connectivity index (χ1v) is 4.88. The van der Waals surface area contributed by atoms with Crippen molar-refractivity contribution in [1.82, 2.24) is 4.98 Å². The second kappa shape index (κ2) is 3.74. The highest BCUT2D eigenvalue weighted by Crippen LogP contribution is 2.33. The van der Waals surface area contributed by atoms with E-state index in [2.05, 4.69) is 4.98 Å². The summed E-state index contributed by atoms with van der Waals surface area (Å²) in [5, 5.41) is 10.4. The van der Waals surface area contributed by atoms with E-state index in [-0.39, 0.29) is 5.82 Å². The van der Waals surface area contributed by atoms with Crippen LogP contribution in [-0.4, -0.2) is 9.91 Å². The molecular weight excluding hydrogens is 180 g/mol. The number of hydrogen-bond acceptors (Lipinski definition) is 3. The van der Waals surface area contributed by atoms with Crippen LogP contribution in [0.15, 0.2) is 18.3 Å². The normalized spacial score (nSPS) is 17.1. The molecule has 1 saturated carbocycles. The van der Waals surface area contributed by atoms with Crippen LogP contribution in [-0.2, 0) is 0 Å². The highest BCUT2D eigenvalue weighted by atomic mass is 16.6. The lowest BCUT2D eigenvalue weighted by atomic mass is 10.00. The van der Waals surface area contributed by atoms with Crippen molar-refractivity contribution in [1.29, 1.82) is 0 Å². The molecule has 1 fully saturated rings. The van der Waals surface area contributed by atoms with Crippen molar-refractivity contribution in [2.24, 2.45) is 0 Å². The van der Waals surface area contributed by atoms with Gasteiger partial charge in [0.2, 0.25) is 0 Å². The van der Waals surface area contributed by atoms with E-state index in [0.717, 1.165) is 5.56 Å². The summed E-state index contributed by atoms with van der Waals surface area (Å²) in [6, 6.07) is 3.33. The summed E-state index contributed by atoms with van der Waals surface area (Å²) < 4.78 is 0. The largest absolute Gasteiger partial charge is 0.363 e. The van der Waals surface area contributed by atoms with Crippen molar-refractivity contribution in [2.75, 3.05) is 0 Å². The van der Waals surface area contributed by atoms with Crippen LogP contribution in [0, 0.1) is 10.1 Å². The van der Waals surface area contributed by atoms with Gasteiger partial charge < -0.3 is 10.1 Å². The number of nitro groups is 1. The van der Waals surface area contributed by atoms with Crippen molar-refractivity contribution in [3.63, 3.8) is 0 Å². The average molecular weight is 192 g/mol. The second-order valence-corrected chi connectivity index (χ2v) is 3.69. The number of pyridine rings is 1. The van der Waals surface area contributed by atoms with Crippen molar-refractivity contribution >= 4 is 5.82 Å². The van der Waals surface area contributed by atoms with Gasteiger partial charge in [-0.15, -0.1) is 0 Å². The zero-order chi connectivity index (χ0) is 9.97. The predicted octanol–water partition coefficient (Wildman–Crippen LogP) is 2.65. The van der Waals surface area contributed by atoms with Crippen LogP contribution in [0.4, 0.5) is 5.82 Å². The van der Waals surface area contributed by atoms with Gasteiger partial charge in [-0.05, 0) is 40.3 Å². The Morgan fingerprint density at radius 1 is 1.36 bits per heavy atom. The molecule has 0 unspecified atom stereocenters. The van der Waals surface area contributed by atoms with Gasteiger partial charge in [-0.3, -0.25) is 0 Å². The van der Waals surface area contributed by atoms with Gasteiger partial charge in [0.05, 0.1) is 0 Å². The maximum Gasteiger partial charge on any atom is 0.363 e. The van der Waals surface area contributed by atoms with Crippen LogP contribution >= 0.6 is 0 Å². The summed E-state index contributed by atoms with van der Waals surface area (Å²) >= 11 is 0. The predicted molar refractivity (Wildman–Crippen MR) is 52.1 cm³/mol. The molecule has 0 saturated heterocycles. The lowest BCUT2D eigenvalue weighted by Gasteiger charge is -2.05. The fourth-order valence-electron chi connectivity index (χ4n) is 2.01. The van der Waals surface area contributed by atoms with Crippen LogP contribution in [0.1, 0.15) is 37.2 Å². The maximum absolute atomic E-state index is 10.4. The molecule has 14 heavy (non-hydrogen) atoms. The molecule has 0 bridgehead atoms. The monoisotopic (exact) mass is 192 g/mol. The Labute approximate surface area is 82.1 Å². The molecule has 1 heterocycles. The standard InChI is InChI=1S/C10H12N2O2/c13-12(14)10-6-5-9(7-11-10)8-3-1-2-4-8/h5-8H,1-4H2. The second-order valence-electron chi connectivity index (χ2n) is 3.69. The van der Waals surface area contributed by atoms with E-state index >= 15 is 0 Å². The minimum Gasteiger partial charge on any atom is -0.358 e. The molecule has 1 aliphatic rings. The van der Waals surface area contributed by atoms with Crippen molar-refractivity contribution in [3.05, 3.63) is 34.0 Å². The van der Waals surface area contributed by atoms with Crippen LogP contribution in [0.25, 0.3) is 0 Å². The molecule has 1 aliphatic carbocycles. The van der Waals surface area contributed by atoms with E-state index in [1.54, 1.807) is 6.20 Å². The lowest BCUT2D eigenvalue weighted by molar-refractivity contribution is -0.389. The summed E-state index contributed by atoms with van der Waals surface area (Å²) in [5.41, 5.74) is 1.15. The fourth-order valence-corrected chi connectivity index (χ4v) is 2.01. The highest BCUT2D eigenvalue weighted by molar-refractivity contribution is 5.25. The van der Waals surface area contributed by atoms with E-state index in [4.69, 9.17) is 0 Å². The first-order valence-electron chi connectivity index (χ1n) is 4.88. The number of aromatic nitrogens is 1. The first-order chi connectivity index (χ1) is 6.77. The first kappa shape index (κ1) is 9.12. The molecule has 0 atom stereocenters. The molecule has 4 heteroatoms. The van der Waals surface area contributed by atoms with Crippen LogP contribution in [0.5, 0.6) is 0 Å². The molecule has 0 N–H and O–H groups in total.